The van der Waals surface area contributed by atoms with Gasteiger partial charge in [0.1, 0.15) is 0 Å². The Bertz CT molecular complexity index is 3080. The normalized spacial score (nSPS) is 26.7. The summed E-state index contributed by atoms with van der Waals surface area (Å²) in [6, 6.07) is 43.6. The number of fused-ring (bicyclic) bond motifs is 13. The molecule has 0 bridgehead atoms. The maximum absolute atomic E-state index is 2.96. The number of rotatable bonds is 2. The highest BCUT2D eigenvalue weighted by atomic mass is 15.3. The summed E-state index contributed by atoms with van der Waals surface area (Å²) in [6.07, 6.45) is 9.76. The number of aromatic nitrogens is 1. The number of aryl methyl sites for hydroxylation is 2. The van der Waals surface area contributed by atoms with Crippen LogP contribution in [0, 0.1) is 13.8 Å². The lowest BCUT2D eigenvalue weighted by Gasteiger charge is -2.54. The van der Waals surface area contributed by atoms with Crippen molar-refractivity contribution in [2.24, 2.45) is 0 Å². The number of benzene rings is 6. The third-order valence-electron chi connectivity index (χ3n) is 18.0. The maximum atomic E-state index is 2.96. The van der Waals surface area contributed by atoms with Crippen molar-refractivity contribution in [3.63, 3.8) is 0 Å². The van der Waals surface area contributed by atoms with Crippen LogP contribution >= 0.6 is 0 Å². The van der Waals surface area contributed by atoms with Crippen LogP contribution in [0.15, 0.2) is 109 Å². The summed E-state index contributed by atoms with van der Waals surface area (Å²) >= 11 is 0. The van der Waals surface area contributed by atoms with Crippen molar-refractivity contribution in [2.45, 2.75) is 134 Å². The Labute approximate surface area is 362 Å². The van der Waals surface area contributed by atoms with Crippen LogP contribution in [0.25, 0.3) is 27.5 Å². The van der Waals surface area contributed by atoms with E-state index in [1.54, 1.807) is 11.0 Å². The Morgan fingerprint density at radius 3 is 2.10 bits per heavy atom. The van der Waals surface area contributed by atoms with Gasteiger partial charge in [0, 0.05) is 55.6 Å². The molecule has 0 radical (unpaired) electrons. The van der Waals surface area contributed by atoms with Crippen molar-refractivity contribution in [3.8, 4) is 5.69 Å². The second-order valence-corrected chi connectivity index (χ2v) is 21.8. The number of hydrogen-bond donors (Lipinski definition) is 0. The molecule has 4 heteroatoms. The third-order valence-corrected chi connectivity index (χ3v) is 18.0. The van der Waals surface area contributed by atoms with Gasteiger partial charge in [-0.2, -0.15) is 0 Å². The predicted molar refractivity (Wildman–Crippen MR) is 259 cm³/mol. The Balaban J connectivity index is 1.19. The van der Waals surface area contributed by atoms with E-state index in [1.165, 1.54) is 128 Å². The molecule has 4 atom stereocenters. The lowest BCUT2D eigenvalue weighted by atomic mass is 9.33. The molecule has 5 heterocycles. The van der Waals surface area contributed by atoms with Gasteiger partial charge in [-0.1, -0.05) is 144 Å². The van der Waals surface area contributed by atoms with Crippen molar-refractivity contribution in [2.75, 3.05) is 9.80 Å². The zero-order valence-corrected chi connectivity index (χ0v) is 37.5. The zero-order chi connectivity index (χ0) is 41.6. The summed E-state index contributed by atoms with van der Waals surface area (Å²) in [5.74, 6) is 0. The average molecular weight is 796 g/mol. The highest BCUT2D eigenvalue weighted by Gasteiger charge is 2.64. The van der Waals surface area contributed by atoms with Gasteiger partial charge in [0.25, 0.3) is 6.71 Å². The van der Waals surface area contributed by atoms with Crippen LogP contribution in [0.1, 0.15) is 126 Å². The van der Waals surface area contributed by atoms with E-state index in [-0.39, 0.29) is 34.0 Å². The zero-order valence-electron chi connectivity index (χ0n) is 37.5. The molecule has 3 nitrogen and oxygen atoms in total. The molecule has 2 fully saturated rings. The summed E-state index contributed by atoms with van der Waals surface area (Å²) in [5, 5.41) is 2.71. The lowest BCUT2D eigenvalue weighted by Crippen LogP contribution is -2.64. The van der Waals surface area contributed by atoms with E-state index >= 15 is 0 Å². The fraction of sp³-hybridized carbons (Fsp3) is 0.368. The monoisotopic (exact) mass is 795 g/mol. The van der Waals surface area contributed by atoms with Crippen molar-refractivity contribution in [1.29, 1.82) is 0 Å². The fourth-order valence-corrected chi connectivity index (χ4v) is 15.2. The van der Waals surface area contributed by atoms with Gasteiger partial charge in [-0.05, 0) is 127 Å². The van der Waals surface area contributed by atoms with Gasteiger partial charge in [-0.3, -0.25) is 0 Å². The van der Waals surface area contributed by atoms with E-state index in [4.69, 9.17) is 0 Å². The summed E-state index contributed by atoms with van der Waals surface area (Å²) in [4.78, 5) is 5.84. The molecule has 13 rings (SSSR count). The summed E-state index contributed by atoms with van der Waals surface area (Å²) in [6.45, 7) is 20.1. The molecule has 4 unspecified atom stereocenters. The number of nitrogens with zero attached hydrogens (tertiary/aromatic N) is 3. The van der Waals surface area contributed by atoms with Crippen LogP contribution in [0.4, 0.5) is 22.7 Å². The van der Waals surface area contributed by atoms with Gasteiger partial charge in [0.15, 0.2) is 0 Å². The van der Waals surface area contributed by atoms with Crippen molar-refractivity contribution in [3.05, 3.63) is 143 Å². The molecule has 2 aliphatic carbocycles. The van der Waals surface area contributed by atoms with E-state index in [0.717, 1.165) is 12.8 Å². The first-order valence-corrected chi connectivity index (χ1v) is 23.5. The molecule has 0 saturated heterocycles. The molecule has 1 aromatic heterocycles. The van der Waals surface area contributed by atoms with Crippen LogP contribution in [-0.2, 0) is 16.2 Å². The molecule has 304 valence electrons. The fourth-order valence-electron chi connectivity index (χ4n) is 15.2. The minimum absolute atomic E-state index is 0.0453. The standard InChI is InChI=1S/C57H58BN3/c1-35-31-36(2)49-52-48(35)54(6)27-14-15-28-55(54,7)61(52)47-34-39(33-46-50(47)58(49)43-23-18-22-41-40-21-12-13-24-44(40)59(46)51(41)43)60-45-26-25-38(53(3,4)5)32-42(45)57(37-19-10-9-11-20-37)30-17-16-29-56(57,60)8/h9-13,18-26,31-34H,14-17,27-30H2,1-8H3. The molecule has 0 spiro atoms. The molecule has 61 heavy (non-hydrogen) atoms. The molecule has 7 aromatic rings. The lowest BCUT2D eigenvalue weighted by molar-refractivity contribution is 0.194. The van der Waals surface area contributed by atoms with E-state index < -0.39 is 0 Å². The molecule has 0 N–H and O–H groups in total. The molecule has 6 aromatic carbocycles. The smallest absolute Gasteiger partial charge is 0.252 e. The Hall–Kier alpha value is -5.22. The number of hydrogen-bond acceptors (Lipinski definition) is 2. The largest absolute Gasteiger partial charge is 0.335 e. The van der Waals surface area contributed by atoms with Crippen LogP contribution < -0.4 is 26.2 Å². The Kier molecular flexibility index (Phi) is 6.94. The van der Waals surface area contributed by atoms with Gasteiger partial charge in [0.05, 0.1) is 16.6 Å². The van der Waals surface area contributed by atoms with E-state index in [0.29, 0.717) is 0 Å². The second-order valence-electron chi connectivity index (χ2n) is 21.8. The first-order valence-electron chi connectivity index (χ1n) is 23.5. The summed E-state index contributed by atoms with van der Waals surface area (Å²) < 4.78 is 2.69. The Morgan fingerprint density at radius 2 is 1.30 bits per heavy atom. The third kappa shape index (κ3) is 4.11. The second kappa shape index (κ2) is 11.6. The van der Waals surface area contributed by atoms with Crippen LogP contribution in [-0.4, -0.2) is 22.4 Å². The van der Waals surface area contributed by atoms with Gasteiger partial charge < -0.3 is 14.4 Å². The van der Waals surface area contributed by atoms with Gasteiger partial charge >= 0.3 is 0 Å². The highest BCUT2D eigenvalue weighted by Crippen LogP contribution is 2.66. The molecular weight excluding hydrogens is 737 g/mol. The predicted octanol–water partition coefficient (Wildman–Crippen LogP) is 12.4. The SMILES string of the molecule is Cc1cc(C)c2c3c1B1c4c(cc(N5c6ccc(C(C)(C)C)cc6C6(c7ccccc7)CCCCC56C)cc4-n4c5ccccc5c5cccc1c54)N3C1(C)CCCCC21C. The minimum atomic E-state index is -0.175. The molecule has 4 aliphatic heterocycles. The van der Waals surface area contributed by atoms with Gasteiger partial charge in [-0.15, -0.1) is 0 Å². The van der Waals surface area contributed by atoms with Crippen LogP contribution in [0.3, 0.4) is 0 Å². The van der Waals surface area contributed by atoms with Crippen LogP contribution in [0.5, 0.6) is 0 Å². The van der Waals surface area contributed by atoms with Gasteiger partial charge in [0.2, 0.25) is 0 Å². The van der Waals surface area contributed by atoms with Crippen LogP contribution in [0.2, 0.25) is 0 Å². The quantitative estimate of drug-likeness (QED) is 0.162. The van der Waals surface area contributed by atoms with Crippen molar-refractivity contribution < 1.29 is 0 Å². The van der Waals surface area contributed by atoms with Gasteiger partial charge in [-0.25, -0.2) is 0 Å². The maximum Gasteiger partial charge on any atom is 0.252 e. The number of para-hydroxylation sites is 2. The van der Waals surface area contributed by atoms with E-state index in [2.05, 4.69) is 179 Å². The van der Waals surface area contributed by atoms with E-state index in [1.807, 2.05) is 0 Å². The molecule has 0 amide bonds. The highest BCUT2D eigenvalue weighted by molar-refractivity contribution is 7.00. The van der Waals surface area contributed by atoms with Crippen molar-refractivity contribution >= 4 is 67.7 Å². The molecule has 6 aliphatic rings. The average Bonchev–Trinajstić information content (AvgIpc) is 3.79. The molecular formula is C57H58BN3. The summed E-state index contributed by atoms with van der Waals surface area (Å²) in [5.41, 5.74) is 22.9. The Morgan fingerprint density at radius 1 is 0.590 bits per heavy atom. The topological polar surface area (TPSA) is 11.4 Å². The molecule has 2 saturated carbocycles. The first-order chi connectivity index (χ1) is 29.3. The van der Waals surface area contributed by atoms with E-state index in [9.17, 15) is 0 Å². The minimum Gasteiger partial charge on any atom is -0.335 e. The number of anilines is 4. The first kappa shape index (κ1) is 36.4. The summed E-state index contributed by atoms with van der Waals surface area (Å²) in [7, 11) is 0. The van der Waals surface area contributed by atoms with Crippen molar-refractivity contribution in [1.82, 2.24) is 4.57 Å².